The molecular weight excluding hydrogens is 271 g/mol. The highest BCUT2D eigenvalue weighted by molar-refractivity contribution is 6.18. The van der Waals surface area contributed by atoms with E-state index in [1.54, 1.807) is 12.1 Å². The van der Waals surface area contributed by atoms with Gasteiger partial charge in [0.05, 0.1) is 29.5 Å². The predicted octanol–water partition coefficient (Wildman–Crippen LogP) is 1.41. The molecule has 1 aromatic rings. The fourth-order valence-corrected chi connectivity index (χ4v) is 2.32. The van der Waals surface area contributed by atoms with Crippen molar-refractivity contribution in [2.24, 2.45) is 0 Å². The average Bonchev–Trinajstić information content (AvgIpc) is 2.82. The molecule has 0 aromatic heterocycles. The molecule has 2 atom stereocenters. The van der Waals surface area contributed by atoms with Crippen molar-refractivity contribution in [1.29, 1.82) is 0 Å². The van der Waals surface area contributed by atoms with Crippen LogP contribution in [0.5, 0.6) is 0 Å². The van der Waals surface area contributed by atoms with Gasteiger partial charge in [0.15, 0.2) is 0 Å². The molecule has 0 spiro atoms. The first-order valence-corrected chi connectivity index (χ1v) is 6.84. The summed E-state index contributed by atoms with van der Waals surface area (Å²) >= 11 is 5.53. The van der Waals surface area contributed by atoms with Crippen LogP contribution in [-0.2, 0) is 0 Å². The molecule has 3 N–H and O–H groups in total. The minimum absolute atomic E-state index is 0.125. The molecule has 19 heavy (non-hydrogen) atoms. The van der Waals surface area contributed by atoms with Gasteiger partial charge in [0.2, 0.25) is 0 Å². The van der Waals surface area contributed by atoms with Crippen molar-refractivity contribution in [3.63, 3.8) is 0 Å². The van der Waals surface area contributed by atoms with Crippen LogP contribution in [0.2, 0.25) is 0 Å². The SMILES string of the molecule is OC(CCl)CNc1cccc(F)c1N1CCC(O)C1. The van der Waals surface area contributed by atoms with E-state index in [0.717, 1.165) is 0 Å². The molecule has 2 unspecified atom stereocenters. The Morgan fingerprint density at radius 1 is 1.53 bits per heavy atom. The largest absolute Gasteiger partial charge is 0.391 e. The van der Waals surface area contributed by atoms with Crippen molar-refractivity contribution in [1.82, 2.24) is 0 Å². The fraction of sp³-hybridized carbons (Fsp3) is 0.538. The van der Waals surface area contributed by atoms with Gasteiger partial charge in [0.1, 0.15) is 5.82 Å². The molecule has 1 aromatic carbocycles. The van der Waals surface area contributed by atoms with Gasteiger partial charge in [-0.05, 0) is 18.6 Å². The maximum Gasteiger partial charge on any atom is 0.148 e. The van der Waals surface area contributed by atoms with Crippen LogP contribution in [0, 0.1) is 5.82 Å². The highest BCUT2D eigenvalue weighted by Crippen LogP contribution is 2.31. The van der Waals surface area contributed by atoms with Crippen LogP contribution in [0.3, 0.4) is 0 Å². The molecule has 0 bridgehead atoms. The number of hydrogen-bond acceptors (Lipinski definition) is 4. The van der Waals surface area contributed by atoms with Gasteiger partial charge in [-0.15, -0.1) is 11.6 Å². The van der Waals surface area contributed by atoms with E-state index in [1.165, 1.54) is 6.07 Å². The lowest BCUT2D eigenvalue weighted by Crippen LogP contribution is -2.26. The van der Waals surface area contributed by atoms with E-state index >= 15 is 0 Å². The number of aliphatic hydroxyl groups excluding tert-OH is 2. The lowest BCUT2D eigenvalue weighted by atomic mass is 10.2. The van der Waals surface area contributed by atoms with Crippen molar-refractivity contribution in [3.8, 4) is 0 Å². The van der Waals surface area contributed by atoms with Crippen LogP contribution in [0.25, 0.3) is 0 Å². The first-order chi connectivity index (χ1) is 9.11. The Morgan fingerprint density at radius 3 is 2.95 bits per heavy atom. The third-order valence-corrected chi connectivity index (χ3v) is 3.53. The summed E-state index contributed by atoms with van der Waals surface area (Å²) in [5.41, 5.74) is 1.05. The highest BCUT2D eigenvalue weighted by atomic mass is 35.5. The highest BCUT2D eigenvalue weighted by Gasteiger charge is 2.24. The Labute approximate surface area is 116 Å². The van der Waals surface area contributed by atoms with Gasteiger partial charge >= 0.3 is 0 Å². The number of anilines is 2. The Bertz CT molecular complexity index is 433. The Kier molecular flexibility index (Phi) is 4.85. The van der Waals surface area contributed by atoms with E-state index in [4.69, 9.17) is 11.6 Å². The van der Waals surface area contributed by atoms with Crippen LogP contribution in [-0.4, -0.2) is 47.9 Å². The number of alkyl halides is 1. The van der Waals surface area contributed by atoms with Gasteiger partial charge in [-0.3, -0.25) is 0 Å². The summed E-state index contributed by atoms with van der Waals surface area (Å²) < 4.78 is 14.0. The van der Waals surface area contributed by atoms with Crippen LogP contribution in [0.4, 0.5) is 15.8 Å². The van der Waals surface area contributed by atoms with Crippen molar-refractivity contribution in [2.45, 2.75) is 18.6 Å². The van der Waals surface area contributed by atoms with Crippen molar-refractivity contribution in [2.75, 3.05) is 35.7 Å². The minimum atomic E-state index is -0.679. The molecule has 0 radical (unpaired) electrons. The average molecular weight is 289 g/mol. The van der Waals surface area contributed by atoms with Gasteiger partial charge in [-0.1, -0.05) is 6.07 Å². The van der Waals surface area contributed by atoms with Gasteiger partial charge in [-0.25, -0.2) is 4.39 Å². The number of para-hydroxylation sites is 1. The molecule has 106 valence electrons. The molecule has 6 heteroatoms. The third-order valence-electron chi connectivity index (χ3n) is 3.17. The Hall–Kier alpha value is -1.04. The molecular formula is C13H18ClFN2O2. The second-order valence-electron chi connectivity index (χ2n) is 4.71. The van der Waals surface area contributed by atoms with Gasteiger partial charge in [0.25, 0.3) is 0 Å². The van der Waals surface area contributed by atoms with E-state index in [1.807, 2.05) is 4.90 Å². The molecule has 1 heterocycles. The molecule has 1 aliphatic rings. The molecule has 4 nitrogen and oxygen atoms in total. The molecule has 0 saturated carbocycles. The lowest BCUT2D eigenvalue weighted by Gasteiger charge is -2.23. The molecule has 1 fully saturated rings. The predicted molar refractivity (Wildman–Crippen MR) is 74.5 cm³/mol. The van der Waals surface area contributed by atoms with Gasteiger partial charge < -0.3 is 20.4 Å². The van der Waals surface area contributed by atoms with Crippen molar-refractivity contribution in [3.05, 3.63) is 24.0 Å². The van der Waals surface area contributed by atoms with E-state index in [0.29, 0.717) is 30.9 Å². The second-order valence-corrected chi connectivity index (χ2v) is 5.02. The van der Waals surface area contributed by atoms with E-state index < -0.39 is 12.2 Å². The minimum Gasteiger partial charge on any atom is -0.391 e. The molecule has 0 aliphatic carbocycles. The second kappa shape index (κ2) is 6.41. The summed E-state index contributed by atoms with van der Waals surface area (Å²) in [5, 5.41) is 22.0. The maximum absolute atomic E-state index is 14.0. The number of rotatable bonds is 5. The standard InChI is InChI=1S/C13H18ClFN2O2/c14-6-10(19)7-16-12-3-1-2-11(15)13(12)17-5-4-9(18)8-17/h1-3,9-10,16,18-19H,4-8H2. The lowest BCUT2D eigenvalue weighted by molar-refractivity contribution is 0.198. The van der Waals surface area contributed by atoms with Crippen LogP contribution in [0.1, 0.15) is 6.42 Å². The van der Waals surface area contributed by atoms with Crippen molar-refractivity contribution >= 4 is 23.0 Å². The maximum atomic E-state index is 14.0. The molecule has 0 amide bonds. The Morgan fingerprint density at radius 2 is 2.32 bits per heavy atom. The topological polar surface area (TPSA) is 55.7 Å². The summed E-state index contributed by atoms with van der Waals surface area (Å²) in [5.74, 6) is -0.209. The quantitative estimate of drug-likeness (QED) is 0.717. The van der Waals surface area contributed by atoms with E-state index in [2.05, 4.69) is 5.32 Å². The van der Waals surface area contributed by atoms with Crippen LogP contribution >= 0.6 is 11.6 Å². The van der Waals surface area contributed by atoms with Crippen molar-refractivity contribution < 1.29 is 14.6 Å². The first kappa shape index (κ1) is 14.4. The van der Waals surface area contributed by atoms with Gasteiger partial charge in [0, 0.05) is 19.6 Å². The zero-order valence-electron chi connectivity index (χ0n) is 10.5. The molecule has 1 aliphatic heterocycles. The number of hydrogen-bond donors (Lipinski definition) is 3. The zero-order chi connectivity index (χ0) is 13.8. The van der Waals surface area contributed by atoms with E-state index in [9.17, 15) is 14.6 Å². The molecule has 2 rings (SSSR count). The number of nitrogens with one attached hydrogen (secondary N) is 1. The number of benzene rings is 1. The number of β-amino-alcohol motifs (C(OH)–C–C–N with tert-alkyl or cyclic N) is 1. The van der Waals surface area contributed by atoms with Crippen LogP contribution in [0.15, 0.2) is 18.2 Å². The number of nitrogens with zero attached hydrogens (tertiary/aromatic N) is 1. The van der Waals surface area contributed by atoms with Crippen LogP contribution < -0.4 is 10.2 Å². The summed E-state index contributed by atoms with van der Waals surface area (Å²) in [6, 6.07) is 4.76. The first-order valence-electron chi connectivity index (χ1n) is 6.31. The fourth-order valence-electron chi connectivity index (χ4n) is 2.21. The zero-order valence-corrected chi connectivity index (χ0v) is 11.3. The van der Waals surface area contributed by atoms with Gasteiger partial charge in [-0.2, -0.15) is 0 Å². The Balaban J connectivity index is 2.16. The summed E-state index contributed by atoms with van der Waals surface area (Å²) in [6.07, 6.45) is -0.458. The smallest absolute Gasteiger partial charge is 0.148 e. The normalized spacial score (nSPS) is 20.6. The molecule has 1 saturated heterocycles. The monoisotopic (exact) mass is 288 g/mol. The summed E-state index contributed by atoms with van der Waals surface area (Å²) in [7, 11) is 0. The number of aliphatic hydroxyl groups is 2. The number of halogens is 2. The van der Waals surface area contributed by atoms with E-state index in [-0.39, 0.29) is 18.2 Å². The third kappa shape index (κ3) is 3.49. The summed E-state index contributed by atoms with van der Waals surface area (Å²) in [4.78, 5) is 1.81. The summed E-state index contributed by atoms with van der Waals surface area (Å²) in [6.45, 7) is 1.30.